The number of carbonyl (C=O) groups excluding carboxylic acids is 2. The van der Waals surface area contributed by atoms with Crippen LogP contribution in [0.3, 0.4) is 0 Å². The first-order valence-corrected chi connectivity index (χ1v) is 9.45. The molecule has 28 heavy (non-hydrogen) atoms. The van der Waals surface area contributed by atoms with Crippen LogP contribution >= 0.6 is 0 Å². The molecule has 3 rings (SSSR count). The monoisotopic (exact) mass is 382 g/mol. The van der Waals surface area contributed by atoms with Gasteiger partial charge >= 0.3 is 0 Å². The molecule has 1 aliphatic heterocycles. The van der Waals surface area contributed by atoms with Crippen LogP contribution in [0.2, 0.25) is 0 Å². The maximum absolute atomic E-state index is 13.1. The van der Waals surface area contributed by atoms with Crippen LogP contribution in [0.4, 0.5) is 0 Å². The van der Waals surface area contributed by atoms with Crippen molar-refractivity contribution in [2.45, 2.75) is 32.4 Å². The molecule has 0 spiro atoms. The second-order valence-corrected chi connectivity index (χ2v) is 6.70. The van der Waals surface area contributed by atoms with Gasteiger partial charge in [-0.3, -0.25) is 9.59 Å². The maximum Gasteiger partial charge on any atom is 0.247 e. The molecule has 6 heteroatoms. The van der Waals surface area contributed by atoms with E-state index < -0.39 is 6.04 Å². The summed E-state index contributed by atoms with van der Waals surface area (Å²) in [4.78, 5) is 27.2. The molecule has 0 aromatic heterocycles. The minimum absolute atomic E-state index is 0.0132. The van der Waals surface area contributed by atoms with Crippen molar-refractivity contribution in [1.29, 1.82) is 0 Å². The molecule has 0 radical (unpaired) electrons. The molecule has 0 aliphatic carbocycles. The SMILES string of the molecule is CCC(=O)N1CCc2ccccc2[C@@H]1C(=O)NCc1ccc(OC)c(OC)c1. The van der Waals surface area contributed by atoms with Crippen molar-refractivity contribution < 1.29 is 19.1 Å². The molecule has 0 fully saturated rings. The number of methoxy groups -OCH3 is 2. The van der Waals surface area contributed by atoms with Crippen LogP contribution in [-0.2, 0) is 22.6 Å². The fourth-order valence-corrected chi connectivity index (χ4v) is 3.60. The topological polar surface area (TPSA) is 67.9 Å². The van der Waals surface area contributed by atoms with Gasteiger partial charge in [-0.25, -0.2) is 0 Å². The van der Waals surface area contributed by atoms with Gasteiger partial charge in [-0.05, 0) is 35.2 Å². The molecule has 0 saturated carbocycles. The Morgan fingerprint density at radius 3 is 2.57 bits per heavy atom. The second-order valence-electron chi connectivity index (χ2n) is 6.70. The molecule has 1 aliphatic rings. The fourth-order valence-electron chi connectivity index (χ4n) is 3.60. The van der Waals surface area contributed by atoms with Crippen LogP contribution < -0.4 is 14.8 Å². The average molecular weight is 382 g/mol. The molecule has 2 aromatic rings. The van der Waals surface area contributed by atoms with Crippen LogP contribution in [0, 0.1) is 0 Å². The lowest BCUT2D eigenvalue weighted by Gasteiger charge is -2.36. The first kappa shape index (κ1) is 19.7. The number of fused-ring (bicyclic) bond motifs is 1. The minimum Gasteiger partial charge on any atom is -0.493 e. The van der Waals surface area contributed by atoms with E-state index in [0.29, 0.717) is 31.0 Å². The van der Waals surface area contributed by atoms with Gasteiger partial charge in [0.15, 0.2) is 11.5 Å². The average Bonchev–Trinajstić information content (AvgIpc) is 2.75. The lowest BCUT2D eigenvalue weighted by atomic mass is 9.91. The van der Waals surface area contributed by atoms with E-state index in [1.54, 1.807) is 19.1 Å². The van der Waals surface area contributed by atoms with Gasteiger partial charge in [-0.1, -0.05) is 37.3 Å². The van der Waals surface area contributed by atoms with Crippen LogP contribution in [-0.4, -0.2) is 37.5 Å². The van der Waals surface area contributed by atoms with Crippen LogP contribution in [0.1, 0.15) is 36.1 Å². The van der Waals surface area contributed by atoms with E-state index in [1.165, 1.54) is 0 Å². The van der Waals surface area contributed by atoms with Crippen molar-refractivity contribution >= 4 is 11.8 Å². The number of nitrogens with one attached hydrogen (secondary N) is 1. The van der Waals surface area contributed by atoms with E-state index in [4.69, 9.17) is 9.47 Å². The highest BCUT2D eigenvalue weighted by molar-refractivity contribution is 5.89. The lowest BCUT2D eigenvalue weighted by Crippen LogP contribution is -2.46. The summed E-state index contributed by atoms with van der Waals surface area (Å²) in [6.07, 6.45) is 1.14. The van der Waals surface area contributed by atoms with Gasteiger partial charge in [0.1, 0.15) is 6.04 Å². The van der Waals surface area contributed by atoms with E-state index in [-0.39, 0.29) is 11.8 Å². The summed E-state index contributed by atoms with van der Waals surface area (Å²) in [5.74, 6) is 1.06. The molecule has 1 heterocycles. The predicted molar refractivity (Wildman–Crippen MR) is 106 cm³/mol. The molecule has 148 valence electrons. The summed E-state index contributed by atoms with van der Waals surface area (Å²) in [7, 11) is 3.16. The molecule has 0 saturated heterocycles. The smallest absolute Gasteiger partial charge is 0.247 e. The number of benzene rings is 2. The van der Waals surface area contributed by atoms with Gasteiger partial charge in [-0.15, -0.1) is 0 Å². The molecule has 2 aromatic carbocycles. The molecule has 2 amide bonds. The molecule has 0 unspecified atom stereocenters. The van der Waals surface area contributed by atoms with Crippen molar-refractivity contribution in [2.75, 3.05) is 20.8 Å². The number of ether oxygens (including phenoxy) is 2. The van der Waals surface area contributed by atoms with Gasteiger partial charge in [0.25, 0.3) is 0 Å². The summed E-state index contributed by atoms with van der Waals surface area (Å²) in [6.45, 7) is 2.71. The summed E-state index contributed by atoms with van der Waals surface area (Å²) < 4.78 is 10.6. The summed E-state index contributed by atoms with van der Waals surface area (Å²) in [5.41, 5.74) is 2.91. The standard InChI is InChI=1S/C22H26N2O4/c1-4-20(25)24-12-11-16-7-5-6-8-17(16)21(24)22(26)23-14-15-9-10-18(27-2)19(13-15)28-3/h5-10,13,21H,4,11-12,14H2,1-3H3,(H,23,26)/t21-/m1/s1. The Labute approximate surface area is 165 Å². The predicted octanol–water partition coefficient (Wildman–Crippen LogP) is 2.86. The Hall–Kier alpha value is -3.02. The van der Waals surface area contributed by atoms with Crippen LogP contribution in [0.5, 0.6) is 11.5 Å². The quantitative estimate of drug-likeness (QED) is 0.834. The minimum atomic E-state index is -0.599. The molecule has 1 atom stereocenters. The summed E-state index contributed by atoms with van der Waals surface area (Å²) in [6, 6.07) is 12.8. The van der Waals surface area contributed by atoms with Crippen molar-refractivity contribution in [2.24, 2.45) is 0 Å². The van der Waals surface area contributed by atoms with Crippen molar-refractivity contribution in [1.82, 2.24) is 10.2 Å². The molecule has 6 nitrogen and oxygen atoms in total. The zero-order valence-electron chi connectivity index (χ0n) is 16.5. The van der Waals surface area contributed by atoms with Gasteiger partial charge in [0, 0.05) is 19.5 Å². The first-order valence-electron chi connectivity index (χ1n) is 9.45. The molecular formula is C22H26N2O4. The third kappa shape index (κ3) is 3.96. The first-order chi connectivity index (χ1) is 13.6. The van der Waals surface area contributed by atoms with Crippen LogP contribution in [0.25, 0.3) is 0 Å². The number of nitrogens with zero attached hydrogens (tertiary/aromatic N) is 1. The highest BCUT2D eigenvalue weighted by Crippen LogP contribution is 2.31. The largest absolute Gasteiger partial charge is 0.493 e. The highest BCUT2D eigenvalue weighted by atomic mass is 16.5. The van der Waals surface area contributed by atoms with E-state index in [9.17, 15) is 9.59 Å². The van der Waals surface area contributed by atoms with Crippen molar-refractivity contribution in [3.63, 3.8) is 0 Å². The Kier molecular flexibility index (Phi) is 6.19. The van der Waals surface area contributed by atoms with Gasteiger partial charge in [0.2, 0.25) is 11.8 Å². The lowest BCUT2D eigenvalue weighted by molar-refractivity contribution is -0.141. The van der Waals surface area contributed by atoms with Crippen LogP contribution in [0.15, 0.2) is 42.5 Å². The second kappa shape index (κ2) is 8.78. The van der Waals surface area contributed by atoms with Gasteiger partial charge in [-0.2, -0.15) is 0 Å². The Morgan fingerprint density at radius 1 is 1.11 bits per heavy atom. The number of hydrogen-bond acceptors (Lipinski definition) is 4. The van der Waals surface area contributed by atoms with Crippen molar-refractivity contribution in [3.8, 4) is 11.5 Å². The third-order valence-electron chi connectivity index (χ3n) is 5.07. The zero-order chi connectivity index (χ0) is 20.1. The summed E-state index contributed by atoms with van der Waals surface area (Å²) in [5, 5.41) is 2.98. The van der Waals surface area contributed by atoms with E-state index >= 15 is 0 Å². The molecule has 1 N–H and O–H groups in total. The van der Waals surface area contributed by atoms with Gasteiger partial charge < -0.3 is 19.7 Å². The summed E-state index contributed by atoms with van der Waals surface area (Å²) >= 11 is 0. The number of rotatable bonds is 6. The molecular weight excluding hydrogens is 356 g/mol. The normalized spacial score (nSPS) is 15.5. The van der Waals surface area contributed by atoms with Gasteiger partial charge in [0.05, 0.1) is 14.2 Å². The van der Waals surface area contributed by atoms with E-state index in [0.717, 1.165) is 23.1 Å². The number of carbonyl (C=O) groups is 2. The number of hydrogen-bond donors (Lipinski definition) is 1. The zero-order valence-corrected chi connectivity index (χ0v) is 16.5. The van der Waals surface area contributed by atoms with E-state index in [2.05, 4.69) is 5.32 Å². The Bertz CT molecular complexity index is 865. The Morgan fingerprint density at radius 2 is 1.86 bits per heavy atom. The molecule has 0 bridgehead atoms. The number of amides is 2. The van der Waals surface area contributed by atoms with E-state index in [1.807, 2.05) is 49.4 Å². The Balaban J connectivity index is 1.80. The highest BCUT2D eigenvalue weighted by Gasteiger charge is 2.34. The third-order valence-corrected chi connectivity index (χ3v) is 5.07. The van der Waals surface area contributed by atoms with Crippen molar-refractivity contribution in [3.05, 3.63) is 59.2 Å². The maximum atomic E-state index is 13.1. The fraction of sp³-hybridized carbons (Fsp3) is 0.364.